The number of hydrazone groups is 1. The summed E-state index contributed by atoms with van der Waals surface area (Å²) in [5.41, 5.74) is 4.46. The van der Waals surface area contributed by atoms with Crippen LogP contribution in [0.2, 0.25) is 10.0 Å². The van der Waals surface area contributed by atoms with Crippen LogP contribution in [0.15, 0.2) is 59.7 Å². The van der Waals surface area contributed by atoms with Crippen molar-refractivity contribution >= 4 is 63.8 Å². The highest BCUT2D eigenvalue weighted by molar-refractivity contribution is 14.1. The number of nitrogens with zero attached hydrogens (tertiary/aromatic N) is 2. The third-order valence-corrected chi connectivity index (χ3v) is 7.39. The molecule has 0 aliphatic heterocycles. The number of nitrogens with one attached hydrogen (secondary N) is 2. The summed E-state index contributed by atoms with van der Waals surface area (Å²) < 4.78 is 18.0. The van der Waals surface area contributed by atoms with Crippen molar-refractivity contribution in [2.24, 2.45) is 11.0 Å². The van der Waals surface area contributed by atoms with Crippen molar-refractivity contribution in [3.8, 4) is 23.3 Å². The smallest absolute Gasteiger partial charge is 0.262 e. The molecule has 0 unspecified atom stereocenters. The normalized spacial score (nSPS) is 12.3. The molecule has 3 aromatic rings. The van der Waals surface area contributed by atoms with Crippen molar-refractivity contribution in [1.29, 1.82) is 5.26 Å². The molecule has 0 aliphatic rings. The lowest BCUT2D eigenvalue weighted by Crippen LogP contribution is -2.49. The quantitative estimate of drug-likeness (QED) is 0.117. The van der Waals surface area contributed by atoms with E-state index < -0.39 is 24.0 Å². The Labute approximate surface area is 274 Å². The lowest BCUT2D eigenvalue weighted by molar-refractivity contribution is -0.132. The number of hydrogen-bond acceptors (Lipinski definition) is 7. The number of ether oxygens (including phenoxy) is 3. The summed E-state index contributed by atoms with van der Waals surface area (Å²) in [4.78, 5) is 25.9. The summed E-state index contributed by atoms with van der Waals surface area (Å²) in [6, 6.07) is 16.8. The van der Waals surface area contributed by atoms with E-state index in [1.165, 1.54) is 19.4 Å². The Kier molecular flexibility index (Phi) is 12.9. The molecule has 3 rings (SSSR count). The summed E-state index contributed by atoms with van der Waals surface area (Å²) in [5.74, 6) is 0.440. The predicted octanol–water partition coefficient (Wildman–Crippen LogP) is 6.51. The predicted molar refractivity (Wildman–Crippen MR) is 175 cm³/mol. The number of nitriles is 1. The van der Waals surface area contributed by atoms with Gasteiger partial charge < -0.3 is 19.5 Å². The van der Waals surface area contributed by atoms with Gasteiger partial charge in [-0.15, -0.1) is 0 Å². The maximum absolute atomic E-state index is 13.0. The van der Waals surface area contributed by atoms with E-state index in [1.807, 2.05) is 32.0 Å². The van der Waals surface area contributed by atoms with Gasteiger partial charge in [0.1, 0.15) is 18.4 Å². The van der Waals surface area contributed by atoms with Crippen molar-refractivity contribution in [3.63, 3.8) is 0 Å². The number of benzene rings is 3. The van der Waals surface area contributed by atoms with Crippen LogP contribution in [0, 0.1) is 20.8 Å². The number of carbonyl (C=O) groups is 2. The Morgan fingerprint density at radius 3 is 2.49 bits per heavy atom. The van der Waals surface area contributed by atoms with Crippen LogP contribution < -0.4 is 25.0 Å². The van der Waals surface area contributed by atoms with Gasteiger partial charge in [-0.1, -0.05) is 55.2 Å². The molecular formula is C31H31Cl2IN4O5. The molecule has 12 heteroatoms. The first-order valence-corrected chi connectivity index (χ1v) is 15.1. The Hall–Kier alpha value is -3.53. The second kappa shape index (κ2) is 16.4. The summed E-state index contributed by atoms with van der Waals surface area (Å²) in [6.07, 6.45) is 0.932. The van der Waals surface area contributed by atoms with Gasteiger partial charge in [-0.25, -0.2) is 5.43 Å². The molecular weight excluding hydrogens is 706 g/mol. The fraction of sp³-hybridized carbons (Fsp3) is 0.290. The third-order valence-electron chi connectivity index (χ3n) is 6.06. The number of carbonyl (C=O) groups excluding carboxylic acids is 2. The van der Waals surface area contributed by atoms with E-state index in [1.54, 1.807) is 37.3 Å². The zero-order valence-corrected chi connectivity index (χ0v) is 27.7. The van der Waals surface area contributed by atoms with E-state index in [9.17, 15) is 14.9 Å². The zero-order valence-electron chi connectivity index (χ0n) is 24.0. The van der Waals surface area contributed by atoms with Gasteiger partial charge in [-0.2, -0.15) is 10.4 Å². The molecule has 3 aromatic carbocycles. The van der Waals surface area contributed by atoms with Gasteiger partial charge in [0, 0.05) is 10.6 Å². The fourth-order valence-corrected chi connectivity index (χ4v) is 5.15. The topological polar surface area (TPSA) is 122 Å². The number of methoxy groups -OCH3 is 1. The second-order valence-corrected chi connectivity index (χ2v) is 11.9. The number of amides is 2. The Balaban J connectivity index is 1.65. The van der Waals surface area contributed by atoms with E-state index in [0.29, 0.717) is 39.8 Å². The van der Waals surface area contributed by atoms with Gasteiger partial charge >= 0.3 is 0 Å². The first-order valence-electron chi connectivity index (χ1n) is 13.3. The average Bonchev–Trinajstić information content (AvgIpc) is 2.97. The van der Waals surface area contributed by atoms with Crippen LogP contribution >= 0.6 is 45.8 Å². The monoisotopic (exact) mass is 736 g/mol. The lowest BCUT2D eigenvalue weighted by Gasteiger charge is -2.22. The summed E-state index contributed by atoms with van der Waals surface area (Å²) >= 11 is 14.2. The first-order chi connectivity index (χ1) is 20.5. The largest absolute Gasteiger partial charge is 0.493 e. The molecule has 0 heterocycles. The van der Waals surface area contributed by atoms with Crippen molar-refractivity contribution in [2.45, 2.75) is 45.9 Å². The van der Waals surface area contributed by atoms with Gasteiger partial charge in [-0.05, 0) is 83.8 Å². The molecule has 0 fully saturated rings. The molecule has 2 N–H and O–H groups in total. The van der Waals surface area contributed by atoms with E-state index in [-0.39, 0.29) is 17.5 Å². The molecule has 0 aromatic heterocycles. The fourth-order valence-electron chi connectivity index (χ4n) is 3.91. The van der Waals surface area contributed by atoms with E-state index >= 15 is 0 Å². The second-order valence-electron chi connectivity index (χ2n) is 9.85. The maximum Gasteiger partial charge on any atom is 0.262 e. The highest BCUT2D eigenvalue weighted by Gasteiger charge is 2.25. The van der Waals surface area contributed by atoms with E-state index in [2.05, 4.69) is 44.5 Å². The molecule has 0 saturated carbocycles. The van der Waals surface area contributed by atoms with Gasteiger partial charge in [-0.3, -0.25) is 9.59 Å². The van der Waals surface area contributed by atoms with Crippen molar-refractivity contribution in [2.75, 3.05) is 7.11 Å². The minimum Gasteiger partial charge on any atom is -0.493 e. The molecule has 43 heavy (non-hydrogen) atoms. The first kappa shape index (κ1) is 34.0. The highest BCUT2D eigenvalue weighted by atomic mass is 127. The van der Waals surface area contributed by atoms with Crippen LogP contribution in [0.3, 0.4) is 0 Å². The van der Waals surface area contributed by atoms with Crippen LogP contribution in [0.1, 0.15) is 43.9 Å². The standard InChI is InChI=1S/C31H31Cl2IN4O5/c1-18(2)11-26(37-30(39)19(3)43-27-10-9-23(32)14-24(27)33)31(40)38-36-16-20-12-25(34)29(28(13-20)41-4)42-17-22-8-6-5-7-21(22)15-35/h5-10,12-14,16,18-19,26H,11,17H2,1-4H3,(H,37,39)(H,38,40)/b36-16-/t19-,26+/m0/s1. The van der Waals surface area contributed by atoms with Crippen LogP contribution in [0.4, 0.5) is 0 Å². The Morgan fingerprint density at radius 1 is 1.07 bits per heavy atom. The van der Waals surface area contributed by atoms with Gasteiger partial charge in [0.2, 0.25) is 0 Å². The van der Waals surface area contributed by atoms with E-state index in [4.69, 9.17) is 37.4 Å². The highest BCUT2D eigenvalue weighted by Crippen LogP contribution is 2.34. The molecule has 0 aliphatic carbocycles. The minimum atomic E-state index is -0.923. The van der Waals surface area contributed by atoms with Gasteiger partial charge in [0.15, 0.2) is 17.6 Å². The molecule has 2 amide bonds. The Morgan fingerprint density at radius 2 is 1.81 bits per heavy atom. The Bertz CT molecular complexity index is 1530. The van der Waals surface area contributed by atoms with Gasteiger partial charge in [0.25, 0.3) is 11.8 Å². The van der Waals surface area contributed by atoms with E-state index in [0.717, 1.165) is 9.13 Å². The molecule has 0 radical (unpaired) electrons. The molecule has 0 saturated heterocycles. The summed E-state index contributed by atoms with van der Waals surface area (Å²) in [7, 11) is 1.52. The molecule has 0 bridgehead atoms. The molecule has 9 nitrogen and oxygen atoms in total. The minimum absolute atomic E-state index is 0.112. The van der Waals surface area contributed by atoms with Crippen LogP contribution in [-0.2, 0) is 16.2 Å². The van der Waals surface area contributed by atoms with Crippen LogP contribution in [-0.4, -0.2) is 37.3 Å². The molecule has 2 atom stereocenters. The SMILES string of the molecule is COc1cc(/C=N\NC(=O)[C@@H](CC(C)C)NC(=O)[C@H](C)Oc2ccc(Cl)cc2Cl)cc(I)c1OCc1ccccc1C#N. The third kappa shape index (κ3) is 10.0. The maximum atomic E-state index is 13.0. The lowest BCUT2D eigenvalue weighted by atomic mass is 10.0. The van der Waals surface area contributed by atoms with Gasteiger partial charge in [0.05, 0.1) is 33.5 Å². The average molecular weight is 737 g/mol. The zero-order chi connectivity index (χ0) is 31.5. The van der Waals surface area contributed by atoms with Crippen LogP contribution in [0.25, 0.3) is 0 Å². The molecule has 226 valence electrons. The van der Waals surface area contributed by atoms with Crippen LogP contribution in [0.5, 0.6) is 17.2 Å². The van der Waals surface area contributed by atoms with Crippen molar-refractivity contribution in [3.05, 3.63) is 84.9 Å². The van der Waals surface area contributed by atoms with Crippen molar-refractivity contribution < 1.29 is 23.8 Å². The van der Waals surface area contributed by atoms with Crippen molar-refractivity contribution in [1.82, 2.24) is 10.7 Å². The number of rotatable bonds is 13. The molecule has 0 spiro atoms. The number of hydrogen-bond donors (Lipinski definition) is 2. The summed E-state index contributed by atoms with van der Waals surface area (Å²) in [6.45, 7) is 5.64. The summed E-state index contributed by atoms with van der Waals surface area (Å²) in [5, 5.41) is 16.9. The number of halogens is 3.